The zero-order chi connectivity index (χ0) is 15.9. The quantitative estimate of drug-likeness (QED) is 0.690. The Morgan fingerprint density at radius 2 is 1.95 bits per heavy atom. The fraction of sp³-hybridized carbons (Fsp3) is 0.429. The van der Waals surface area contributed by atoms with E-state index in [1.54, 1.807) is 12.1 Å². The topological polar surface area (TPSA) is 84.9 Å². The van der Waals surface area contributed by atoms with Crippen molar-refractivity contribution in [2.45, 2.75) is 6.42 Å². The van der Waals surface area contributed by atoms with Crippen LogP contribution in [0.1, 0.15) is 5.56 Å². The molecule has 1 aliphatic heterocycles. The van der Waals surface area contributed by atoms with E-state index in [9.17, 15) is 9.59 Å². The molecule has 1 aliphatic rings. The van der Waals surface area contributed by atoms with E-state index in [0.717, 1.165) is 10.0 Å². The van der Waals surface area contributed by atoms with Crippen molar-refractivity contribution in [2.75, 3.05) is 31.3 Å². The van der Waals surface area contributed by atoms with Gasteiger partial charge in [0.2, 0.25) is 5.91 Å². The van der Waals surface area contributed by atoms with Gasteiger partial charge in [0.15, 0.2) is 11.5 Å². The molecule has 0 spiro atoms. The Balaban J connectivity index is 1.82. The molecular formula is C14H16BrNO5S. The van der Waals surface area contributed by atoms with Crippen LogP contribution < -0.4 is 14.8 Å². The van der Waals surface area contributed by atoms with Gasteiger partial charge in [-0.3, -0.25) is 9.59 Å². The number of carboxylic acid groups (broad SMARTS) is 1. The molecule has 1 aromatic rings. The van der Waals surface area contributed by atoms with Crippen molar-refractivity contribution in [3.05, 3.63) is 22.2 Å². The summed E-state index contributed by atoms with van der Waals surface area (Å²) >= 11 is 4.70. The number of nitrogens with one attached hydrogen (secondary N) is 1. The Kier molecular flexibility index (Phi) is 6.38. The minimum absolute atomic E-state index is 0.0452. The number of hydrogen-bond donors (Lipinski definition) is 2. The van der Waals surface area contributed by atoms with Crippen LogP contribution in [-0.4, -0.2) is 48.2 Å². The minimum atomic E-state index is -0.850. The summed E-state index contributed by atoms with van der Waals surface area (Å²) in [7, 11) is 0. The zero-order valence-corrected chi connectivity index (χ0v) is 14.2. The molecule has 120 valence electrons. The van der Waals surface area contributed by atoms with Gasteiger partial charge in [0.1, 0.15) is 13.2 Å². The Bertz CT molecular complexity index is 566. The number of aliphatic carboxylic acids is 1. The molecule has 0 saturated carbocycles. The predicted octanol–water partition coefficient (Wildman–Crippen LogP) is 1.70. The number of amides is 1. The number of ether oxygens (including phenoxy) is 2. The molecule has 8 heteroatoms. The SMILES string of the molecule is O=C(O)CSCCNC(=O)Cc1cc2c(cc1Br)OCCO2. The summed E-state index contributed by atoms with van der Waals surface area (Å²) in [6, 6.07) is 3.61. The first-order chi connectivity index (χ1) is 10.6. The van der Waals surface area contributed by atoms with E-state index in [1.165, 1.54) is 11.8 Å². The van der Waals surface area contributed by atoms with Gasteiger partial charge in [0, 0.05) is 16.8 Å². The van der Waals surface area contributed by atoms with E-state index in [0.29, 0.717) is 37.0 Å². The summed E-state index contributed by atoms with van der Waals surface area (Å²) in [5.41, 5.74) is 0.819. The van der Waals surface area contributed by atoms with Gasteiger partial charge < -0.3 is 19.9 Å². The fourth-order valence-electron chi connectivity index (χ4n) is 1.90. The smallest absolute Gasteiger partial charge is 0.313 e. The Labute approximate surface area is 140 Å². The third-order valence-electron chi connectivity index (χ3n) is 2.86. The average Bonchev–Trinajstić information content (AvgIpc) is 2.47. The second-order valence-electron chi connectivity index (χ2n) is 4.56. The van der Waals surface area contributed by atoms with Crippen molar-refractivity contribution in [3.8, 4) is 11.5 Å². The molecular weight excluding hydrogens is 374 g/mol. The zero-order valence-electron chi connectivity index (χ0n) is 11.8. The van der Waals surface area contributed by atoms with Crippen LogP contribution in [0.15, 0.2) is 16.6 Å². The largest absolute Gasteiger partial charge is 0.486 e. The molecule has 1 amide bonds. The predicted molar refractivity (Wildman–Crippen MR) is 86.8 cm³/mol. The van der Waals surface area contributed by atoms with Gasteiger partial charge >= 0.3 is 5.97 Å². The molecule has 2 N–H and O–H groups in total. The van der Waals surface area contributed by atoms with Crippen molar-refractivity contribution in [1.29, 1.82) is 0 Å². The second-order valence-corrected chi connectivity index (χ2v) is 6.52. The highest BCUT2D eigenvalue weighted by molar-refractivity contribution is 9.10. The van der Waals surface area contributed by atoms with Crippen LogP contribution in [0.5, 0.6) is 11.5 Å². The van der Waals surface area contributed by atoms with Gasteiger partial charge in [-0.05, 0) is 17.7 Å². The maximum absolute atomic E-state index is 11.9. The van der Waals surface area contributed by atoms with Crippen LogP contribution in [0.3, 0.4) is 0 Å². The first-order valence-corrected chi connectivity index (χ1v) is 8.65. The summed E-state index contributed by atoms with van der Waals surface area (Å²) in [4.78, 5) is 22.3. The third-order valence-corrected chi connectivity index (χ3v) is 4.54. The highest BCUT2D eigenvalue weighted by Crippen LogP contribution is 2.35. The van der Waals surface area contributed by atoms with Crippen molar-refractivity contribution >= 4 is 39.6 Å². The molecule has 0 aliphatic carbocycles. The number of benzene rings is 1. The van der Waals surface area contributed by atoms with Gasteiger partial charge in [-0.25, -0.2) is 0 Å². The monoisotopic (exact) mass is 389 g/mol. The van der Waals surface area contributed by atoms with Gasteiger partial charge in [-0.1, -0.05) is 15.9 Å². The number of halogens is 1. The highest BCUT2D eigenvalue weighted by atomic mass is 79.9. The maximum Gasteiger partial charge on any atom is 0.313 e. The van der Waals surface area contributed by atoms with E-state index >= 15 is 0 Å². The molecule has 2 rings (SSSR count). The third kappa shape index (κ3) is 5.10. The van der Waals surface area contributed by atoms with Gasteiger partial charge in [-0.2, -0.15) is 0 Å². The number of carbonyl (C=O) groups is 2. The lowest BCUT2D eigenvalue weighted by Gasteiger charge is -2.19. The summed E-state index contributed by atoms with van der Waals surface area (Å²) in [5.74, 6) is 0.968. The van der Waals surface area contributed by atoms with Crippen molar-refractivity contribution in [1.82, 2.24) is 5.32 Å². The van der Waals surface area contributed by atoms with Crippen molar-refractivity contribution < 1.29 is 24.2 Å². The normalized spacial score (nSPS) is 12.8. The maximum atomic E-state index is 11.9. The number of rotatable bonds is 7. The molecule has 0 saturated heterocycles. The number of carbonyl (C=O) groups excluding carboxylic acids is 1. The number of fused-ring (bicyclic) bond motifs is 1. The molecule has 0 bridgehead atoms. The highest BCUT2D eigenvalue weighted by Gasteiger charge is 2.16. The second kappa shape index (κ2) is 8.28. The summed E-state index contributed by atoms with van der Waals surface area (Å²) in [6.07, 6.45) is 0.223. The molecule has 0 atom stereocenters. The standard InChI is InChI=1S/C14H16BrNO5S/c15-10-7-12-11(20-2-3-21-12)5-9(10)6-13(17)16-1-4-22-8-14(18)19/h5,7H,1-4,6,8H2,(H,16,17)(H,18,19). The van der Waals surface area contributed by atoms with Crippen LogP contribution in [0.25, 0.3) is 0 Å². The molecule has 6 nitrogen and oxygen atoms in total. The summed E-state index contributed by atoms with van der Waals surface area (Å²) in [5, 5.41) is 11.3. The molecule has 0 aromatic heterocycles. The molecule has 0 radical (unpaired) electrons. The van der Waals surface area contributed by atoms with E-state index in [4.69, 9.17) is 14.6 Å². The van der Waals surface area contributed by atoms with E-state index in [1.807, 2.05) is 0 Å². The van der Waals surface area contributed by atoms with E-state index in [2.05, 4.69) is 21.2 Å². The summed E-state index contributed by atoms with van der Waals surface area (Å²) < 4.78 is 11.8. The average molecular weight is 390 g/mol. The van der Waals surface area contributed by atoms with E-state index < -0.39 is 5.97 Å². The molecule has 1 heterocycles. The first-order valence-electron chi connectivity index (χ1n) is 6.70. The van der Waals surface area contributed by atoms with Crippen LogP contribution in [0.4, 0.5) is 0 Å². The van der Waals surface area contributed by atoms with Crippen LogP contribution in [0.2, 0.25) is 0 Å². The summed E-state index contributed by atoms with van der Waals surface area (Å²) in [6.45, 7) is 1.47. The van der Waals surface area contributed by atoms with Crippen LogP contribution in [0, 0.1) is 0 Å². The molecule has 0 unspecified atom stereocenters. The fourth-order valence-corrected chi connectivity index (χ4v) is 2.93. The molecule has 0 fully saturated rings. The van der Waals surface area contributed by atoms with Crippen molar-refractivity contribution in [3.63, 3.8) is 0 Å². The lowest BCUT2D eigenvalue weighted by molar-refractivity contribution is -0.133. The number of hydrogen-bond acceptors (Lipinski definition) is 5. The Hall–Kier alpha value is -1.41. The van der Waals surface area contributed by atoms with Crippen molar-refractivity contribution in [2.24, 2.45) is 0 Å². The minimum Gasteiger partial charge on any atom is -0.486 e. The van der Waals surface area contributed by atoms with Gasteiger partial charge in [0.05, 0.1) is 12.2 Å². The molecule has 22 heavy (non-hydrogen) atoms. The Morgan fingerprint density at radius 3 is 2.64 bits per heavy atom. The van der Waals surface area contributed by atoms with Crippen LogP contribution >= 0.6 is 27.7 Å². The number of thioether (sulfide) groups is 1. The van der Waals surface area contributed by atoms with Crippen LogP contribution in [-0.2, 0) is 16.0 Å². The first kappa shape index (κ1) is 17.0. The number of carboxylic acids is 1. The lowest BCUT2D eigenvalue weighted by Crippen LogP contribution is -2.27. The lowest BCUT2D eigenvalue weighted by atomic mass is 10.1. The Morgan fingerprint density at radius 1 is 1.27 bits per heavy atom. The van der Waals surface area contributed by atoms with Gasteiger partial charge in [0.25, 0.3) is 0 Å². The molecule has 1 aromatic carbocycles. The van der Waals surface area contributed by atoms with E-state index in [-0.39, 0.29) is 18.1 Å². The van der Waals surface area contributed by atoms with Gasteiger partial charge in [-0.15, -0.1) is 11.8 Å².